The number of carbonyl (C=O) groups excluding carboxylic acids is 1. The van der Waals surface area contributed by atoms with E-state index in [1.807, 2.05) is 29.6 Å². The van der Waals surface area contributed by atoms with Crippen LogP contribution in [-0.4, -0.2) is 65.0 Å². The molecule has 7 nitrogen and oxygen atoms in total. The molecule has 2 aliphatic heterocycles. The number of β-amino-alcohol motifs (C(OH)–C–C–N with tert-alkyl or cyclic N) is 1. The highest BCUT2D eigenvalue weighted by Crippen LogP contribution is 2.29. The third-order valence-electron chi connectivity index (χ3n) is 5.73. The molecule has 168 valence electrons. The van der Waals surface area contributed by atoms with Gasteiger partial charge in [0.15, 0.2) is 0 Å². The minimum atomic E-state index is -0.530. The predicted octanol–water partition coefficient (Wildman–Crippen LogP) is 2.61. The number of rotatable bonds is 6. The van der Waals surface area contributed by atoms with Crippen molar-refractivity contribution in [2.24, 2.45) is 0 Å². The number of aromatic nitrogens is 1. The second-order valence-electron chi connectivity index (χ2n) is 8.10. The largest absolute Gasteiger partial charge is 0.389 e. The van der Waals surface area contributed by atoms with Crippen LogP contribution in [0.25, 0.3) is 0 Å². The normalized spacial score (nSPS) is 27.2. The summed E-state index contributed by atoms with van der Waals surface area (Å²) >= 11 is 7.52. The van der Waals surface area contributed by atoms with Crippen LogP contribution in [-0.2, 0) is 27.4 Å². The van der Waals surface area contributed by atoms with E-state index in [0.717, 1.165) is 23.4 Å². The molecule has 4 atom stereocenters. The second-order valence-corrected chi connectivity index (χ2v) is 9.51. The number of amides is 1. The Bertz CT molecular complexity index is 836. The second kappa shape index (κ2) is 10.8. The number of fused-ring (bicyclic) bond motifs is 1. The Morgan fingerprint density at radius 2 is 2.13 bits per heavy atom. The molecule has 3 heterocycles. The van der Waals surface area contributed by atoms with Crippen molar-refractivity contribution in [1.82, 2.24) is 15.2 Å². The van der Waals surface area contributed by atoms with Crippen LogP contribution in [0.5, 0.6) is 0 Å². The molecule has 0 unspecified atom stereocenters. The first-order valence-corrected chi connectivity index (χ1v) is 11.9. The first-order valence-electron chi connectivity index (χ1n) is 10.6. The predicted molar refractivity (Wildman–Crippen MR) is 119 cm³/mol. The summed E-state index contributed by atoms with van der Waals surface area (Å²) in [5.74, 6) is -0.0276. The van der Waals surface area contributed by atoms with Crippen LogP contribution < -0.4 is 5.32 Å². The van der Waals surface area contributed by atoms with Crippen molar-refractivity contribution in [3.63, 3.8) is 0 Å². The van der Waals surface area contributed by atoms with Crippen LogP contribution in [0.3, 0.4) is 0 Å². The van der Waals surface area contributed by atoms with Gasteiger partial charge in [-0.3, -0.25) is 9.69 Å². The van der Waals surface area contributed by atoms with E-state index in [1.165, 1.54) is 0 Å². The van der Waals surface area contributed by atoms with Gasteiger partial charge >= 0.3 is 0 Å². The van der Waals surface area contributed by atoms with Gasteiger partial charge in [0.1, 0.15) is 5.01 Å². The average molecular weight is 466 g/mol. The number of halogens is 1. The molecule has 2 N–H and O–H groups in total. The number of aliphatic hydroxyl groups is 1. The van der Waals surface area contributed by atoms with Crippen molar-refractivity contribution in [2.75, 3.05) is 19.8 Å². The van der Waals surface area contributed by atoms with Crippen molar-refractivity contribution in [3.8, 4) is 0 Å². The summed E-state index contributed by atoms with van der Waals surface area (Å²) in [6.07, 6.45) is 3.01. The molecule has 1 aromatic heterocycles. The van der Waals surface area contributed by atoms with E-state index in [-0.39, 0.29) is 30.8 Å². The number of ether oxygens (including phenoxy) is 2. The van der Waals surface area contributed by atoms with Crippen molar-refractivity contribution in [1.29, 1.82) is 0 Å². The maximum absolute atomic E-state index is 12.5. The summed E-state index contributed by atoms with van der Waals surface area (Å²) in [4.78, 5) is 19.1. The van der Waals surface area contributed by atoms with Crippen molar-refractivity contribution < 1.29 is 19.4 Å². The molecule has 9 heteroatoms. The van der Waals surface area contributed by atoms with Crippen LogP contribution in [0.2, 0.25) is 5.02 Å². The van der Waals surface area contributed by atoms with Gasteiger partial charge < -0.3 is 19.9 Å². The molecule has 1 amide bonds. The molecule has 31 heavy (non-hydrogen) atoms. The molecule has 0 aliphatic carbocycles. The SMILES string of the molecule is O=C(C[C@@H]1CC[C@@H]2[C@H](COC[C@H](O)CN2Cc2nccs2)O1)NCc1ccc(Cl)cc1. The van der Waals surface area contributed by atoms with Crippen LogP contribution in [0.4, 0.5) is 0 Å². The van der Waals surface area contributed by atoms with Crippen LogP contribution in [0.1, 0.15) is 29.8 Å². The third kappa shape index (κ3) is 6.47. The Balaban J connectivity index is 1.31. The zero-order valence-electron chi connectivity index (χ0n) is 17.3. The summed E-state index contributed by atoms with van der Waals surface area (Å²) in [5, 5.41) is 16.9. The van der Waals surface area contributed by atoms with E-state index in [1.54, 1.807) is 17.5 Å². The average Bonchev–Trinajstić information content (AvgIpc) is 3.25. The first kappa shape index (κ1) is 22.6. The Hall–Kier alpha value is -1.55. The standard InChI is InChI=1S/C22H28ClN3O4S/c23-16-3-1-15(2-4-16)10-25-21(28)9-18-5-6-19-20(30-18)14-29-13-17(27)11-26(19)12-22-24-7-8-31-22/h1-4,7-8,17-20,27H,5-6,9-14H2,(H,25,28)/t17-,18+,19-,20+/m1/s1. The van der Waals surface area contributed by atoms with Gasteiger partial charge in [-0.2, -0.15) is 0 Å². The molecular formula is C22H28ClN3O4S. The maximum atomic E-state index is 12.5. The van der Waals surface area contributed by atoms with Gasteiger partial charge in [-0.15, -0.1) is 11.3 Å². The molecule has 2 fully saturated rings. The number of hydrogen-bond acceptors (Lipinski definition) is 7. The van der Waals surface area contributed by atoms with E-state index in [0.29, 0.717) is 37.7 Å². The number of aliphatic hydroxyl groups excluding tert-OH is 1. The zero-order valence-corrected chi connectivity index (χ0v) is 18.9. The monoisotopic (exact) mass is 465 g/mol. The molecule has 0 spiro atoms. The number of benzene rings is 1. The Morgan fingerprint density at radius 3 is 2.90 bits per heavy atom. The minimum absolute atomic E-state index is 0.0276. The van der Waals surface area contributed by atoms with Gasteiger partial charge in [0.2, 0.25) is 5.91 Å². The van der Waals surface area contributed by atoms with Crippen molar-refractivity contribution >= 4 is 28.8 Å². The minimum Gasteiger partial charge on any atom is -0.389 e. The summed E-state index contributed by atoms with van der Waals surface area (Å²) in [6.45, 7) is 2.38. The molecule has 2 aliphatic rings. The molecule has 0 bridgehead atoms. The van der Waals surface area contributed by atoms with E-state index < -0.39 is 6.10 Å². The smallest absolute Gasteiger partial charge is 0.222 e. The summed E-state index contributed by atoms with van der Waals surface area (Å²) in [6, 6.07) is 7.57. The molecule has 4 rings (SSSR count). The fourth-order valence-corrected chi connectivity index (χ4v) is 4.98. The van der Waals surface area contributed by atoms with Gasteiger partial charge in [-0.25, -0.2) is 4.98 Å². The van der Waals surface area contributed by atoms with Crippen molar-refractivity contribution in [2.45, 2.75) is 56.7 Å². The molecule has 1 aromatic carbocycles. The van der Waals surface area contributed by atoms with Gasteiger partial charge in [-0.1, -0.05) is 23.7 Å². The third-order valence-corrected chi connectivity index (χ3v) is 6.74. The number of nitrogens with zero attached hydrogens (tertiary/aromatic N) is 2. The van der Waals surface area contributed by atoms with Gasteiger partial charge in [-0.05, 0) is 30.5 Å². The quantitative estimate of drug-likeness (QED) is 0.682. The molecule has 2 saturated heterocycles. The lowest BCUT2D eigenvalue weighted by molar-refractivity contribution is -0.158. The summed E-state index contributed by atoms with van der Waals surface area (Å²) < 4.78 is 12.0. The van der Waals surface area contributed by atoms with Crippen molar-refractivity contribution in [3.05, 3.63) is 51.4 Å². The Morgan fingerprint density at radius 1 is 1.29 bits per heavy atom. The highest BCUT2D eigenvalue weighted by molar-refractivity contribution is 7.09. The molecule has 0 saturated carbocycles. The highest BCUT2D eigenvalue weighted by Gasteiger charge is 2.38. The van der Waals surface area contributed by atoms with Gasteiger partial charge in [0, 0.05) is 35.7 Å². The summed E-state index contributed by atoms with van der Waals surface area (Å²) in [5.41, 5.74) is 1.01. The molecular weight excluding hydrogens is 438 g/mol. The maximum Gasteiger partial charge on any atom is 0.222 e. The van der Waals surface area contributed by atoms with Gasteiger partial charge in [0.05, 0.1) is 44.5 Å². The van der Waals surface area contributed by atoms with Crippen LogP contribution >= 0.6 is 22.9 Å². The van der Waals surface area contributed by atoms with E-state index in [2.05, 4.69) is 15.2 Å². The fraction of sp³-hybridized carbons (Fsp3) is 0.545. The topological polar surface area (TPSA) is 83.9 Å². The zero-order chi connectivity index (χ0) is 21.6. The lowest BCUT2D eigenvalue weighted by atomic mass is 9.94. The first-order chi connectivity index (χ1) is 15.1. The number of thiazole rings is 1. The Kier molecular flexibility index (Phi) is 7.92. The molecule has 2 aromatic rings. The van der Waals surface area contributed by atoms with Crippen LogP contribution in [0, 0.1) is 0 Å². The number of nitrogens with one attached hydrogen (secondary N) is 1. The summed E-state index contributed by atoms with van der Waals surface area (Å²) in [7, 11) is 0. The lowest BCUT2D eigenvalue weighted by Crippen LogP contribution is -2.55. The molecule has 0 radical (unpaired) electrons. The van der Waals surface area contributed by atoms with Gasteiger partial charge in [0.25, 0.3) is 0 Å². The fourth-order valence-electron chi connectivity index (χ4n) is 4.21. The van der Waals surface area contributed by atoms with E-state index in [4.69, 9.17) is 21.1 Å². The van der Waals surface area contributed by atoms with Crippen LogP contribution in [0.15, 0.2) is 35.8 Å². The van der Waals surface area contributed by atoms with E-state index in [9.17, 15) is 9.90 Å². The number of hydrogen-bond donors (Lipinski definition) is 2. The Labute approximate surface area is 191 Å². The van der Waals surface area contributed by atoms with E-state index >= 15 is 0 Å². The lowest BCUT2D eigenvalue weighted by Gasteiger charge is -2.44. The highest BCUT2D eigenvalue weighted by atomic mass is 35.5. The number of carbonyl (C=O) groups is 1.